The van der Waals surface area contributed by atoms with Gasteiger partial charge in [0.05, 0.1) is 17.7 Å². The summed E-state index contributed by atoms with van der Waals surface area (Å²) in [4.78, 5) is 11.7. The zero-order valence-electron chi connectivity index (χ0n) is 13.9. The van der Waals surface area contributed by atoms with Gasteiger partial charge in [0.15, 0.2) is 0 Å². The average molecular weight is 369 g/mol. The van der Waals surface area contributed by atoms with E-state index in [1.807, 2.05) is 6.92 Å². The number of halogens is 4. The van der Waals surface area contributed by atoms with Crippen LogP contribution < -0.4 is 15.8 Å². The fourth-order valence-corrected chi connectivity index (χ4v) is 2.07. The highest BCUT2D eigenvalue weighted by Gasteiger charge is 2.34. The Labute approximate surface area is 146 Å². The Bertz CT molecular complexity index is 537. The molecule has 0 aromatic heterocycles. The Hall–Kier alpha value is -1.47. The summed E-state index contributed by atoms with van der Waals surface area (Å²) in [6.07, 6.45) is -3.54. The van der Waals surface area contributed by atoms with E-state index in [4.69, 9.17) is 10.5 Å². The van der Waals surface area contributed by atoms with Crippen molar-refractivity contribution in [2.24, 2.45) is 5.73 Å². The van der Waals surface area contributed by atoms with Gasteiger partial charge in [0, 0.05) is 6.54 Å². The standard InChI is InChI=1S/C16H23F3N2O2.ClH/c1-4-5-14(20)15(22)21-9-11-6-7-12(23-10(2)3)8-13(11)16(17,18)19;/h6-8,10,14H,4-5,9,20H2,1-3H3,(H,21,22);1H. The Morgan fingerprint density at radius 2 is 1.96 bits per heavy atom. The van der Waals surface area contributed by atoms with Crippen LogP contribution >= 0.6 is 12.4 Å². The molecule has 3 N–H and O–H groups in total. The van der Waals surface area contributed by atoms with E-state index in [1.54, 1.807) is 13.8 Å². The Morgan fingerprint density at radius 3 is 2.46 bits per heavy atom. The summed E-state index contributed by atoms with van der Waals surface area (Å²) >= 11 is 0. The number of benzene rings is 1. The van der Waals surface area contributed by atoms with Crippen LogP contribution in [0.25, 0.3) is 0 Å². The second-order valence-electron chi connectivity index (χ2n) is 5.60. The third kappa shape index (κ3) is 6.97. The number of ether oxygens (including phenoxy) is 1. The number of rotatable bonds is 7. The molecule has 1 amide bonds. The molecule has 0 fully saturated rings. The Kier molecular flexibility index (Phi) is 9.14. The van der Waals surface area contributed by atoms with Crippen molar-refractivity contribution in [1.29, 1.82) is 0 Å². The highest BCUT2D eigenvalue weighted by Crippen LogP contribution is 2.34. The van der Waals surface area contributed by atoms with Crippen molar-refractivity contribution in [1.82, 2.24) is 5.32 Å². The highest BCUT2D eigenvalue weighted by atomic mass is 35.5. The number of hydrogen-bond donors (Lipinski definition) is 2. The fraction of sp³-hybridized carbons (Fsp3) is 0.562. The molecule has 4 nitrogen and oxygen atoms in total. The van der Waals surface area contributed by atoms with Crippen molar-refractivity contribution in [3.8, 4) is 5.75 Å². The van der Waals surface area contributed by atoms with Gasteiger partial charge in [-0.3, -0.25) is 4.79 Å². The van der Waals surface area contributed by atoms with E-state index in [0.29, 0.717) is 6.42 Å². The SMILES string of the molecule is CCCC(N)C(=O)NCc1ccc(OC(C)C)cc1C(F)(F)F.Cl. The molecular weight excluding hydrogens is 345 g/mol. The van der Waals surface area contributed by atoms with Gasteiger partial charge in [-0.2, -0.15) is 13.2 Å². The molecule has 0 saturated carbocycles. The molecule has 0 aliphatic heterocycles. The zero-order valence-corrected chi connectivity index (χ0v) is 14.8. The van der Waals surface area contributed by atoms with Crippen LogP contribution in [0.1, 0.15) is 44.7 Å². The molecule has 1 aromatic rings. The third-order valence-electron chi connectivity index (χ3n) is 3.15. The third-order valence-corrected chi connectivity index (χ3v) is 3.15. The fourth-order valence-electron chi connectivity index (χ4n) is 2.07. The monoisotopic (exact) mass is 368 g/mol. The second-order valence-corrected chi connectivity index (χ2v) is 5.60. The molecule has 24 heavy (non-hydrogen) atoms. The Morgan fingerprint density at radius 1 is 1.33 bits per heavy atom. The smallest absolute Gasteiger partial charge is 0.416 e. The lowest BCUT2D eigenvalue weighted by Gasteiger charge is -2.17. The number of nitrogens with two attached hydrogens (primary N) is 1. The first kappa shape index (κ1) is 22.5. The summed E-state index contributed by atoms with van der Waals surface area (Å²) in [6.45, 7) is 5.11. The molecule has 1 unspecified atom stereocenters. The van der Waals surface area contributed by atoms with Gasteiger partial charge in [-0.05, 0) is 38.0 Å². The minimum absolute atomic E-state index is 0. The minimum Gasteiger partial charge on any atom is -0.491 e. The van der Waals surface area contributed by atoms with E-state index >= 15 is 0 Å². The Balaban J connectivity index is 0.00000529. The highest BCUT2D eigenvalue weighted by molar-refractivity contribution is 5.85. The van der Waals surface area contributed by atoms with Gasteiger partial charge in [0.2, 0.25) is 5.91 Å². The maximum atomic E-state index is 13.2. The molecule has 0 aliphatic carbocycles. The normalized spacial score (nSPS) is 12.5. The quantitative estimate of drug-likeness (QED) is 0.772. The number of carbonyl (C=O) groups excluding carboxylic acids is 1. The van der Waals surface area contributed by atoms with Crippen molar-refractivity contribution in [2.75, 3.05) is 0 Å². The van der Waals surface area contributed by atoms with Crippen molar-refractivity contribution in [3.63, 3.8) is 0 Å². The summed E-state index contributed by atoms with van der Waals surface area (Å²) in [5.74, 6) is -0.312. The van der Waals surface area contributed by atoms with E-state index in [1.165, 1.54) is 12.1 Å². The van der Waals surface area contributed by atoms with Crippen molar-refractivity contribution < 1.29 is 22.7 Å². The molecule has 0 saturated heterocycles. The van der Waals surface area contributed by atoms with Gasteiger partial charge >= 0.3 is 6.18 Å². The summed E-state index contributed by atoms with van der Waals surface area (Å²) in [5, 5.41) is 2.45. The molecule has 0 aliphatic rings. The lowest BCUT2D eigenvalue weighted by atomic mass is 10.1. The maximum absolute atomic E-state index is 13.2. The van der Waals surface area contributed by atoms with Crippen LogP contribution in [0.4, 0.5) is 13.2 Å². The molecular formula is C16H24ClF3N2O2. The summed E-state index contributed by atoms with van der Waals surface area (Å²) in [7, 11) is 0. The average Bonchev–Trinajstić information content (AvgIpc) is 2.44. The lowest BCUT2D eigenvalue weighted by molar-refractivity contribution is -0.138. The predicted octanol–water partition coefficient (Wildman–Crippen LogP) is 3.66. The largest absolute Gasteiger partial charge is 0.491 e. The van der Waals surface area contributed by atoms with E-state index < -0.39 is 23.7 Å². The van der Waals surface area contributed by atoms with Crippen molar-refractivity contribution in [2.45, 2.75) is 58.5 Å². The summed E-state index contributed by atoms with van der Waals surface area (Å²) in [6, 6.07) is 3.01. The number of carbonyl (C=O) groups is 1. The van der Waals surface area contributed by atoms with E-state index in [-0.39, 0.29) is 36.4 Å². The van der Waals surface area contributed by atoms with Gasteiger partial charge < -0.3 is 15.8 Å². The van der Waals surface area contributed by atoms with Crippen LogP contribution in [0.2, 0.25) is 0 Å². The molecule has 0 heterocycles. The molecule has 0 spiro atoms. The predicted molar refractivity (Wildman–Crippen MR) is 89.2 cm³/mol. The molecule has 1 aromatic carbocycles. The van der Waals surface area contributed by atoms with Gasteiger partial charge in [-0.1, -0.05) is 19.4 Å². The van der Waals surface area contributed by atoms with Crippen LogP contribution in [-0.4, -0.2) is 18.1 Å². The van der Waals surface area contributed by atoms with Crippen LogP contribution in [-0.2, 0) is 17.5 Å². The lowest BCUT2D eigenvalue weighted by Crippen LogP contribution is -2.40. The number of nitrogens with one attached hydrogen (secondary N) is 1. The van der Waals surface area contributed by atoms with Crippen molar-refractivity contribution >= 4 is 18.3 Å². The molecule has 8 heteroatoms. The van der Waals surface area contributed by atoms with Crippen LogP contribution in [0.3, 0.4) is 0 Å². The van der Waals surface area contributed by atoms with E-state index in [0.717, 1.165) is 12.5 Å². The summed E-state index contributed by atoms with van der Waals surface area (Å²) < 4.78 is 44.8. The van der Waals surface area contributed by atoms with E-state index in [9.17, 15) is 18.0 Å². The number of amides is 1. The van der Waals surface area contributed by atoms with Crippen LogP contribution in [0.5, 0.6) is 5.75 Å². The second kappa shape index (κ2) is 9.74. The minimum atomic E-state index is -4.53. The van der Waals surface area contributed by atoms with Gasteiger partial charge in [-0.25, -0.2) is 0 Å². The van der Waals surface area contributed by atoms with Gasteiger partial charge in [-0.15, -0.1) is 12.4 Å². The topological polar surface area (TPSA) is 64.4 Å². The molecule has 1 rings (SSSR count). The first-order chi connectivity index (χ1) is 10.6. The molecule has 0 radical (unpaired) electrons. The molecule has 138 valence electrons. The first-order valence-electron chi connectivity index (χ1n) is 7.55. The maximum Gasteiger partial charge on any atom is 0.416 e. The van der Waals surface area contributed by atoms with Crippen LogP contribution in [0.15, 0.2) is 18.2 Å². The first-order valence-corrected chi connectivity index (χ1v) is 7.55. The summed E-state index contributed by atoms with van der Waals surface area (Å²) in [5.41, 5.74) is 4.80. The zero-order chi connectivity index (χ0) is 17.6. The van der Waals surface area contributed by atoms with Gasteiger partial charge in [0.25, 0.3) is 0 Å². The molecule has 0 bridgehead atoms. The van der Waals surface area contributed by atoms with Crippen molar-refractivity contribution in [3.05, 3.63) is 29.3 Å². The van der Waals surface area contributed by atoms with E-state index in [2.05, 4.69) is 5.32 Å². The van der Waals surface area contributed by atoms with Crippen LogP contribution in [0, 0.1) is 0 Å². The number of hydrogen-bond acceptors (Lipinski definition) is 3. The van der Waals surface area contributed by atoms with Gasteiger partial charge in [0.1, 0.15) is 5.75 Å². The molecule has 1 atom stereocenters. The number of alkyl halides is 3.